The van der Waals surface area contributed by atoms with Crippen LogP contribution in [0.5, 0.6) is 0 Å². The van der Waals surface area contributed by atoms with Crippen molar-refractivity contribution in [1.29, 1.82) is 0 Å². The Hall–Kier alpha value is -2.72. The van der Waals surface area contributed by atoms with E-state index in [0.29, 0.717) is 33.9 Å². The van der Waals surface area contributed by atoms with E-state index < -0.39 is 10.0 Å². The predicted octanol–water partition coefficient (Wildman–Crippen LogP) is 2.82. The Labute approximate surface area is 185 Å². The van der Waals surface area contributed by atoms with Gasteiger partial charge in [0.05, 0.1) is 30.2 Å². The molecule has 0 radical (unpaired) electrons. The van der Waals surface area contributed by atoms with E-state index in [1.165, 1.54) is 6.07 Å². The fourth-order valence-electron chi connectivity index (χ4n) is 3.33. The van der Waals surface area contributed by atoms with Crippen molar-refractivity contribution < 1.29 is 17.9 Å². The molecule has 162 valence electrons. The summed E-state index contributed by atoms with van der Waals surface area (Å²) in [6.45, 7) is 1.35. The first-order valence-corrected chi connectivity index (χ1v) is 11.6. The van der Waals surface area contributed by atoms with Gasteiger partial charge in [0.25, 0.3) is 0 Å². The predicted molar refractivity (Wildman–Crippen MR) is 117 cm³/mol. The van der Waals surface area contributed by atoms with Crippen LogP contribution in [0.2, 0.25) is 5.02 Å². The van der Waals surface area contributed by atoms with Gasteiger partial charge in [-0.2, -0.15) is 5.10 Å². The Kier molecular flexibility index (Phi) is 6.10. The molecule has 1 aliphatic rings. The van der Waals surface area contributed by atoms with Crippen LogP contribution in [0, 0.1) is 0 Å². The number of carbonyl (C=O) groups is 1. The van der Waals surface area contributed by atoms with Crippen molar-refractivity contribution in [3.63, 3.8) is 0 Å². The van der Waals surface area contributed by atoms with Crippen molar-refractivity contribution in [3.8, 4) is 11.1 Å². The minimum absolute atomic E-state index is 0.0577. The molecule has 0 bridgehead atoms. The first kappa shape index (κ1) is 21.5. The van der Waals surface area contributed by atoms with Crippen molar-refractivity contribution in [2.45, 2.75) is 30.4 Å². The number of rotatable bonds is 7. The van der Waals surface area contributed by atoms with Crippen molar-refractivity contribution in [2.24, 2.45) is 5.14 Å². The average Bonchev–Trinajstić information content (AvgIpc) is 3.14. The van der Waals surface area contributed by atoms with E-state index in [2.05, 4.69) is 10.4 Å². The molecule has 1 unspecified atom stereocenters. The lowest BCUT2D eigenvalue weighted by Crippen LogP contribution is -2.31. The topological polar surface area (TPSA) is 116 Å². The molecule has 10 heteroatoms. The van der Waals surface area contributed by atoms with Gasteiger partial charge in [0.2, 0.25) is 15.9 Å². The van der Waals surface area contributed by atoms with Crippen LogP contribution in [-0.2, 0) is 32.5 Å². The molecule has 2 aromatic carbocycles. The van der Waals surface area contributed by atoms with Crippen molar-refractivity contribution >= 4 is 33.2 Å². The normalized spacial score (nSPS) is 16.0. The summed E-state index contributed by atoms with van der Waals surface area (Å²) in [6, 6.07) is 11.6. The monoisotopic (exact) mass is 460 g/mol. The van der Waals surface area contributed by atoms with Gasteiger partial charge in [-0.3, -0.25) is 9.48 Å². The number of hydrogen-bond acceptors (Lipinski definition) is 5. The van der Waals surface area contributed by atoms with E-state index in [-0.39, 0.29) is 23.3 Å². The lowest BCUT2D eigenvalue weighted by Gasteiger charge is -2.25. The van der Waals surface area contributed by atoms with Gasteiger partial charge >= 0.3 is 0 Å². The van der Waals surface area contributed by atoms with Crippen LogP contribution >= 0.6 is 11.6 Å². The zero-order chi connectivity index (χ0) is 22.0. The van der Waals surface area contributed by atoms with E-state index in [0.717, 1.165) is 13.0 Å². The average molecular weight is 461 g/mol. The summed E-state index contributed by atoms with van der Waals surface area (Å²) in [4.78, 5) is 12.3. The number of primary sulfonamides is 1. The molecule has 2 heterocycles. The second-order valence-electron chi connectivity index (χ2n) is 7.30. The summed E-state index contributed by atoms with van der Waals surface area (Å²) >= 11 is 6.10. The molecule has 1 amide bonds. The third-order valence-electron chi connectivity index (χ3n) is 5.01. The SMILES string of the molecule is NS(=O)(=O)c1cc(NC(=O)Cc2ccccc2Cl)ccc1-c1cnn(CC2CCO2)c1. The highest BCUT2D eigenvalue weighted by atomic mass is 35.5. The minimum Gasteiger partial charge on any atom is -0.376 e. The van der Waals surface area contributed by atoms with Gasteiger partial charge in [-0.05, 0) is 30.2 Å². The summed E-state index contributed by atoms with van der Waals surface area (Å²) in [5.74, 6) is -0.325. The van der Waals surface area contributed by atoms with E-state index in [9.17, 15) is 13.2 Å². The van der Waals surface area contributed by atoms with Gasteiger partial charge < -0.3 is 10.1 Å². The molecule has 1 aliphatic heterocycles. The fourth-order valence-corrected chi connectivity index (χ4v) is 4.32. The number of amides is 1. The van der Waals surface area contributed by atoms with E-state index in [1.807, 2.05) is 0 Å². The maximum atomic E-state index is 12.4. The summed E-state index contributed by atoms with van der Waals surface area (Å²) in [5.41, 5.74) is 2.01. The summed E-state index contributed by atoms with van der Waals surface area (Å²) < 4.78 is 31.6. The number of ether oxygens (including phenoxy) is 1. The van der Waals surface area contributed by atoms with E-state index in [1.54, 1.807) is 53.5 Å². The number of nitrogens with two attached hydrogens (primary N) is 1. The number of carbonyl (C=O) groups excluding carboxylic acids is 1. The Morgan fingerprint density at radius 1 is 1.29 bits per heavy atom. The number of nitrogens with zero attached hydrogens (tertiary/aromatic N) is 2. The molecule has 31 heavy (non-hydrogen) atoms. The summed E-state index contributed by atoms with van der Waals surface area (Å²) in [6.07, 6.45) is 4.49. The lowest BCUT2D eigenvalue weighted by atomic mass is 10.1. The standard InChI is InChI=1S/C21H21ClN4O4S/c22-19-4-2-1-3-14(19)9-21(27)25-16-5-6-18(20(10-16)31(23,28)29)15-11-24-26(12-15)13-17-7-8-30-17/h1-6,10-12,17H,7-9,13H2,(H,25,27)(H2,23,28,29). The zero-order valence-corrected chi connectivity index (χ0v) is 18.1. The second kappa shape index (κ2) is 8.80. The van der Waals surface area contributed by atoms with Crippen molar-refractivity contribution in [3.05, 3.63) is 65.4 Å². The van der Waals surface area contributed by atoms with Crippen LogP contribution in [0.1, 0.15) is 12.0 Å². The number of sulfonamides is 1. The molecule has 1 atom stereocenters. The van der Waals surface area contributed by atoms with Crippen LogP contribution in [0.15, 0.2) is 59.8 Å². The van der Waals surface area contributed by atoms with Gasteiger partial charge in [-0.25, -0.2) is 13.6 Å². The number of halogens is 1. The van der Waals surface area contributed by atoms with Gasteiger partial charge in [0, 0.05) is 34.6 Å². The Bertz CT molecular complexity index is 1220. The minimum atomic E-state index is -4.05. The molecule has 8 nitrogen and oxygen atoms in total. The number of anilines is 1. The van der Waals surface area contributed by atoms with Crippen molar-refractivity contribution in [1.82, 2.24) is 9.78 Å². The van der Waals surface area contributed by atoms with Gasteiger partial charge in [0.15, 0.2) is 0 Å². The highest BCUT2D eigenvalue weighted by Crippen LogP contribution is 2.29. The van der Waals surface area contributed by atoms with Crippen LogP contribution in [0.25, 0.3) is 11.1 Å². The fraction of sp³-hybridized carbons (Fsp3) is 0.238. The zero-order valence-electron chi connectivity index (χ0n) is 16.5. The Morgan fingerprint density at radius 3 is 2.74 bits per heavy atom. The van der Waals surface area contributed by atoms with Gasteiger partial charge in [-0.15, -0.1) is 0 Å². The first-order valence-electron chi connectivity index (χ1n) is 9.64. The molecular formula is C21H21ClN4O4S. The quantitative estimate of drug-likeness (QED) is 0.562. The smallest absolute Gasteiger partial charge is 0.238 e. The third kappa shape index (κ3) is 5.13. The lowest BCUT2D eigenvalue weighted by molar-refractivity contribution is -0.115. The molecule has 1 saturated heterocycles. The highest BCUT2D eigenvalue weighted by molar-refractivity contribution is 7.89. The maximum absolute atomic E-state index is 12.4. The summed E-state index contributed by atoms with van der Waals surface area (Å²) in [7, 11) is -4.05. The van der Waals surface area contributed by atoms with E-state index >= 15 is 0 Å². The number of aromatic nitrogens is 2. The van der Waals surface area contributed by atoms with Gasteiger partial charge in [0.1, 0.15) is 0 Å². The molecule has 1 fully saturated rings. The third-order valence-corrected chi connectivity index (χ3v) is 6.33. The van der Waals surface area contributed by atoms with Crippen LogP contribution in [0.4, 0.5) is 5.69 Å². The van der Waals surface area contributed by atoms with Crippen LogP contribution in [0.3, 0.4) is 0 Å². The van der Waals surface area contributed by atoms with Gasteiger partial charge in [-0.1, -0.05) is 35.9 Å². The van der Waals surface area contributed by atoms with Crippen LogP contribution < -0.4 is 10.5 Å². The molecule has 4 rings (SSSR count). The molecule has 3 aromatic rings. The molecule has 1 aromatic heterocycles. The molecule has 0 saturated carbocycles. The summed E-state index contributed by atoms with van der Waals surface area (Å²) in [5, 5.41) is 12.9. The van der Waals surface area contributed by atoms with Crippen LogP contribution in [-0.4, -0.2) is 36.8 Å². The number of hydrogen-bond donors (Lipinski definition) is 2. The largest absolute Gasteiger partial charge is 0.376 e. The Balaban J connectivity index is 1.56. The maximum Gasteiger partial charge on any atom is 0.238 e. The molecular weight excluding hydrogens is 440 g/mol. The van der Waals surface area contributed by atoms with Crippen molar-refractivity contribution in [2.75, 3.05) is 11.9 Å². The molecule has 3 N–H and O–H groups in total. The number of benzene rings is 2. The molecule has 0 spiro atoms. The number of nitrogens with one attached hydrogen (secondary N) is 1. The van der Waals surface area contributed by atoms with E-state index in [4.69, 9.17) is 21.5 Å². The highest BCUT2D eigenvalue weighted by Gasteiger charge is 2.21. The Morgan fingerprint density at radius 2 is 2.06 bits per heavy atom. The molecule has 0 aliphatic carbocycles. The first-order chi connectivity index (χ1) is 14.8. The second-order valence-corrected chi connectivity index (χ2v) is 9.24.